The second-order valence-corrected chi connectivity index (χ2v) is 6.58. The third-order valence-electron chi connectivity index (χ3n) is 2.73. The Balaban J connectivity index is 3.00. The van der Waals surface area contributed by atoms with E-state index in [1.165, 1.54) is 11.4 Å². The van der Waals surface area contributed by atoms with Crippen LogP contribution in [0.25, 0.3) is 0 Å². The molecule has 7 heteroatoms. The van der Waals surface area contributed by atoms with Gasteiger partial charge < -0.3 is 9.64 Å². The molecule has 0 aliphatic heterocycles. The standard InChI is InChI=1S/C13H20N2O4S/c1-14(2)9-10-15(20(4,17)18)12-7-5-11(6-8-12)13(16)19-3/h5-8H,9-10H2,1-4H3. The Morgan fingerprint density at radius 2 is 1.70 bits per heavy atom. The Labute approximate surface area is 120 Å². The molecule has 0 radical (unpaired) electrons. The maximum atomic E-state index is 11.8. The molecule has 0 spiro atoms. The molecule has 1 aromatic rings. The number of carbonyl (C=O) groups excluding carboxylic acids is 1. The smallest absolute Gasteiger partial charge is 0.337 e. The number of esters is 1. The van der Waals surface area contributed by atoms with Crippen LogP contribution in [0.2, 0.25) is 0 Å². The lowest BCUT2D eigenvalue weighted by Gasteiger charge is -2.24. The summed E-state index contributed by atoms with van der Waals surface area (Å²) < 4.78 is 29.6. The number of hydrogen-bond acceptors (Lipinski definition) is 5. The van der Waals surface area contributed by atoms with Crippen LogP contribution in [0, 0.1) is 0 Å². The molecular formula is C13H20N2O4S. The van der Waals surface area contributed by atoms with E-state index in [0.717, 1.165) is 6.26 Å². The lowest BCUT2D eigenvalue weighted by atomic mass is 10.2. The topological polar surface area (TPSA) is 66.9 Å². The highest BCUT2D eigenvalue weighted by molar-refractivity contribution is 7.92. The quantitative estimate of drug-likeness (QED) is 0.727. The van der Waals surface area contributed by atoms with Gasteiger partial charge in [0.2, 0.25) is 10.0 Å². The van der Waals surface area contributed by atoms with E-state index < -0.39 is 16.0 Å². The first-order valence-corrected chi connectivity index (χ1v) is 7.91. The highest BCUT2D eigenvalue weighted by Gasteiger charge is 2.17. The summed E-state index contributed by atoms with van der Waals surface area (Å²) in [4.78, 5) is 13.2. The van der Waals surface area contributed by atoms with Gasteiger partial charge in [-0.2, -0.15) is 0 Å². The van der Waals surface area contributed by atoms with Gasteiger partial charge in [-0.05, 0) is 38.4 Å². The molecule has 0 atom stereocenters. The van der Waals surface area contributed by atoms with Crippen LogP contribution < -0.4 is 4.31 Å². The van der Waals surface area contributed by atoms with E-state index in [4.69, 9.17) is 0 Å². The number of anilines is 1. The Kier molecular flexibility index (Phi) is 5.52. The molecule has 0 saturated heterocycles. The maximum absolute atomic E-state index is 11.8. The fourth-order valence-corrected chi connectivity index (χ4v) is 2.58. The molecule has 0 aliphatic rings. The summed E-state index contributed by atoms with van der Waals surface area (Å²) in [7, 11) is 1.69. The molecule has 1 aromatic carbocycles. The van der Waals surface area contributed by atoms with Crippen LogP contribution in [0.15, 0.2) is 24.3 Å². The summed E-state index contributed by atoms with van der Waals surface area (Å²) in [5.41, 5.74) is 0.916. The van der Waals surface area contributed by atoms with Crippen LogP contribution in [0.5, 0.6) is 0 Å². The van der Waals surface area contributed by atoms with Crippen molar-refractivity contribution in [2.45, 2.75) is 0 Å². The summed E-state index contributed by atoms with van der Waals surface area (Å²) in [6, 6.07) is 6.30. The number of benzene rings is 1. The van der Waals surface area contributed by atoms with Gasteiger partial charge in [0.25, 0.3) is 0 Å². The number of carbonyl (C=O) groups is 1. The molecule has 0 aliphatic carbocycles. The van der Waals surface area contributed by atoms with Gasteiger partial charge in [0.1, 0.15) is 0 Å². The largest absolute Gasteiger partial charge is 0.465 e. The van der Waals surface area contributed by atoms with E-state index in [1.807, 2.05) is 19.0 Å². The minimum atomic E-state index is -3.36. The lowest BCUT2D eigenvalue weighted by molar-refractivity contribution is 0.0601. The van der Waals surface area contributed by atoms with E-state index >= 15 is 0 Å². The molecule has 0 aromatic heterocycles. The molecule has 112 valence electrons. The van der Waals surface area contributed by atoms with Crippen molar-refractivity contribution in [1.29, 1.82) is 0 Å². The Morgan fingerprint density at radius 3 is 2.10 bits per heavy atom. The Bertz CT molecular complexity index is 552. The molecule has 1 rings (SSSR count). The number of nitrogens with zero attached hydrogens (tertiary/aromatic N) is 2. The monoisotopic (exact) mass is 300 g/mol. The summed E-state index contributed by atoms with van der Waals surface area (Å²) in [6.45, 7) is 0.954. The molecule has 0 bridgehead atoms. The predicted molar refractivity (Wildman–Crippen MR) is 78.5 cm³/mol. The second-order valence-electron chi connectivity index (χ2n) is 4.68. The molecule has 6 nitrogen and oxygen atoms in total. The van der Waals surface area contributed by atoms with E-state index in [0.29, 0.717) is 24.3 Å². The van der Waals surface area contributed by atoms with Gasteiger partial charge in [-0.15, -0.1) is 0 Å². The Hall–Kier alpha value is -1.60. The number of methoxy groups -OCH3 is 1. The summed E-state index contributed by atoms with van der Waals surface area (Å²) in [6.07, 6.45) is 1.16. The normalized spacial score (nSPS) is 11.4. The predicted octanol–water partition coefficient (Wildman–Crippen LogP) is 0.801. The van der Waals surface area contributed by atoms with Gasteiger partial charge in [-0.25, -0.2) is 13.2 Å². The van der Waals surface area contributed by atoms with Gasteiger partial charge >= 0.3 is 5.97 Å². The minimum absolute atomic E-state index is 0.351. The fourth-order valence-electron chi connectivity index (χ4n) is 1.66. The SMILES string of the molecule is COC(=O)c1ccc(N(CCN(C)C)S(C)(=O)=O)cc1. The molecule has 20 heavy (non-hydrogen) atoms. The zero-order chi connectivity index (χ0) is 15.3. The van der Waals surface area contributed by atoms with Crippen molar-refractivity contribution < 1.29 is 17.9 Å². The molecule has 0 heterocycles. The van der Waals surface area contributed by atoms with Crippen LogP contribution in [0.4, 0.5) is 5.69 Å². The van der Waals surface area contributed by atoms with Gasteiger partial charge in [-0.3, -0.25) is 4.31 Å². The number of sulfonamides is 1. The first-order chi connectivity index (χ1) is 9.25. The number of ether oxygens (including phenoxy) is 1. The molecule has 0 saturated carbocycles. The average Bonchev–Trinajstić information content (AvgIpc) is 2.37. The first kappa shape index (κ1) is 16.5. The summed E-state index contributed by atoms with van der Waals surface area (Å²) in [5.74, 6) is -0.448. The average molecular weight is 300 g/mol. The molecular weight excluding hydrogens is 280 g/mol. The van der Waals surface area contributed by atoms with Gasteiger partial charge in [-0.1, -0.05) is 0 Å². The van der Waals surface area contributed by atoms with E-state index in [-0.39, 0.29) is 0 Å². The number of hydrogen-bond donors (Lipinski definition) is 0. The second kappa shape index (κ2) is 6.71. The van der Waals surface area contributed by atoms with Gasteiger partial charge in [0.15, 0.2) is 0 Å². The first-order valence-electron chi connectivity index (χ1n) is 6.06. The van der Waals surface area contributed by atoms with E-state index in [2.05, 4.69) is 4.74 Å². The van der Waals surface area contributed by atoms with Crippen LogP contribution in [0.1, 0.15) is 10.4 Å². The van der Waals surface area contributed by atoms with Crippen LogP contribution in [-0.4, -0.2) is 59.8 Å². The molecule has 0 unspecified atom stereocenters. The van der Waals surface area contributed by atoms with Crippen molar-refractivity contribution >= 4 is 21.7 Å². The van der Waals surface area contributed by atoms with Crippen molar-refractivity contribution in [1.82, 2.24) is 4.90 Å². The van der Waals surface area contributed by atoms with Crippen LogP contribution in [0.3, 0.4) is 0 Å². The van der Waals surface area contributed by atoms with Crippen molar-refractivity contribution in [3.8, 4) is 0 Å². The van der Waals surface area contributed by atoms with E-state index in [9.17, 15) is 13.2 Å². The molecule has 0 amide bonds. The minimum Gasteiger partial charge on any atom is -0.465 e. The third-order valence-corrected chi connectivity index (χ3v) is 3.92. The van der Waals surface area contributed by atoms with Crippen molar-refractivity contribution in [2.75, 3.05) is 44.9 Å². The highest BCUT2D eigenvalue weighted by Crippen LogP contribution is 2.18. The van der Waals surface area contributed by atoms with Gasteiger partial charge in [0.05, 0.1) is 24.6 Å². The van der Waals surface area contributed by atoms with Gasteiger partial charge in [0, 0.05) is 13.1 Å². The van der Waals surface area contributed by atoms with Crippen molar-refractivity contribution in [2.24, 2.45) is 0 Å². The highest BCUT2D eigenvalue weighted by atomic mass is 32.2. The number of likely N-dealkylation sites (N-methyl/N-ethyl adjacent to an activating group) is 1. The lowest BCUT2D eigenvalue weighted by Crippen LogP contribution is -2.36. The number of rotatable bonds is 6. The Morgan fingerprint density at radius 1 is 1.15 bits per heavy atom. The van der Waals surface area contributed by atoms with Crippen molar-refractivity contribution in [3.05, 3.63) is 29.8 Å². The molecule has 0 fully saturated rings. The zero-order valence-corrected chi connectivity index (χ0v) is 13.0. The summed E-state index contributed by atoms with van der Waals surface area (Å²) in [5, 5.41) is 0. The van der Waals surface area contributed by atoms with Crippen LogP contribution in [-0.2, 0) is 14.8 Å². The summed E-state index contributed by atoms with van der Waals surface area (Å²) >= 11 is 0. The van der Waals surface area contributed by atoms with Crippen molar-refractivity contribution in [3.63, 3.8) is 0 Å². The van der Waals surface area contributed by atoms with E-state index in [1.54, 1.807) is 24.3 Å². The third kappa shape index (κ3) is 4.50. The molecule has 0 N–H and O–H groups in total. The van der Waals surface area contributed by atoms with Crippen LogP contribution >= 0.6 is 0 Å². The zero-order valence-electron chi connectivity index (χ0n) is 12.2. The fraction of sp³-hybridized carbons (Fsp3) is 0.462. The maximum Gasteiger partial charge on any atom is 0.337 e.